The molecule has 1 heterocycles. The number of thiophene rings is 1. The smallest absolute Gasteiger partial charge is 0.252 e. The fourth-order valence-corrected chi connectivity index (χ4v) is 5.44. The van der Waals surface area contributed by atoms with Crippen molar-refractivity contribution < 1.29 is 8.42 Å². The Balaban J connectivity index is 3.03. The Morgan fingerprint density at radius 1 is 1.72 bits per heavy atom. The SMILES string of the molecule is CC(CC(N)=S)N(C)S(=O)(=O)c1cc(Cl)c(Br)s1. The lowest BCUT2D eigenvalue weighted by Gasteiger charge is -2.23. The molecular formula is C9H12BrClN2O2S3. The van der Waals surface area contributed by atoms with Gasteiger partial charge >= 0.3 is 0 Å². The average Bonchev–Trinajstić information content (AvgIpc) is 2.57. The zero-order valence-electron chi connectivity index (χ0n) is 9.68. The van der Waals surface area contributed by atoms with E-state index in [1.54, 1.807) is 6.92 Å². The minimum atomic E-state index is -3.56. The summed E-state index contributed by atoms with van der Waals surface area (Å²) in [6, 6.07) is 1.13. The molecule has 1 unspecified atom stereocenters. The molecule has 0 aromatic carbocycles. The van der Waals surface area contributed by atoms with Gasteiger partial charge in [-0.15, -0.1) is 11.3 Å². The molecule has 1 aromatic heterocycles. The van der Waals surface area contributed by atoms with Gasteiger partial charge in [0.25, 0.3) is 10.0 Å². The van der Waals surface area contributed by atoms with Crippen LogP contribution in [-0.4, -0.2) is 30.8 Å². The zero-order chi connectivity index (χ0) is 14.1. The Morgan fingerprint density at radius 2 is 2.28 bits per heavy atom. The van der Waals surface area contributed by atoms with Crippen LogP contribution in [0.3, 0.4) is 0 Å². The van der Waals surface area contributed by atoms with Gasteiger partial charge in [-0.25, -0.2) is 8.42 Å². The Hall–Kier alpha value is 0.270. The van der Waals surface area contributed by atoms with E-state index in [2.05, 4.69) is 15.9 Å². The molecule has 0 radical (unpaired) electrons. The first kappa shape index (κ1) is 16.3. The first-order valence-corrected chi connectivity index (χ1v) is 8.71. The van der Waals surface area contributed by atoms with Gasteiger partial charge in [0.1, 0.15) is 4.21 Å². The van der Waals surface area contributed by atoms with Crippen molar-refractivity contribution in [1.29, 1.82) is 0 Å². The van der Waals surface area contributed by atoms with Crippen molar-refractivity contribution in [2.45, 2.75) is 23.6 Å². The summed E-state index contributed by atoms with van der Waals surface area (Å²) in [5.41, 5.74) is 5.43. The monoisotopic (exact) mass is 390 g/mol. The van der Waals surface area contributed by atoms with Crippen molar-refractivity contribution in [3.63, 3.8) is 0 Å². The van der Waals surface area contributed by atoms with Crippen LogP contribution in [0.5, 0.6) is 0 Å². The normalized spacial score (nSPS) is 13.8. The Morgan fingerprint density at radius 3 is 2.67 bits per heavy atom. The minimum Gasteiger partial charge on any atom is -0.393 e. The van der Waals surface area contributed by atoms with Crippen LogP contribution in [-0.2, 0) is 10.0 Å². The summed E-state index contributed by atoms with van der Waals surface area (Å²) in [7, 11) is -2.06. The first-order chi connectivity index (χ1) is 8.16. The lowest BCUT2D eigenvalue weighted by atomic mass is 10.2. The highest BCUT2D eigenvalue weighted by Crippen LogP contribution is 2.36. The van der Waals surface area contributed by atoms with Gasteiger partial charge in [0.2, 0.25) is 0 Å². The second-order valence-electron chi connectivity index (χ2n) is 3.73. The van der Waals surface area contributed by atoms with E-state index >= 15 is 0 Å². The van der Waals surface area contributed by atoms with Crippen LogP contribution in [0.15, 0.2) is 14.1 Å². The van der Waals surface area contributed by atoms with E-state index in [9.17, 15) is 8.42 Å². The maximum absolute atomic E-state index is 12.3. The van der Waals surface area contributed by atoms with E-state index in [4.69, 9.17) is 29.6 Å². The molecular weight excluding hydrogens is 380 g/mol. The summed E-state index contributed by atoms with van der Waals surface area (Å²) in [4.78, 5) is 0.287. The predicted molar refractivity (Wildman–Crippen MR) is 82.8 cm³/mol. The van der Waals surface area contributed by atoms with Crippen LogP contribution in [0.4, 0.5) is 0 Å². The molecule has 0 aliphatic rings. The van der Waals surface area contributed by atoms with Crippen molar-refractivity contribution in [2.75, 3.05) is 7.05 Å². The van der Waals surface area contributed by atoms with E-state index in [-0.39, 0.29) is 15.2 Å². The lowest BCUT2D eigenvalue weighted by Crippen LogP contribution is -2.37. The third-order valence-electron chi connectivity index (χ3n) is 2.37. The highest BCUT2D eigenvalue weighted by Gasteiger charge is 2.28. The Bertz CT molecular complexity index is 539. The predicted octanol–water partition coefficient (Wildman–Crippen LogP) is 2.85. The Labute approximate surface area is 129 Å². The summed E-state index contributed by atoms with van der Waals surface area (Å²) in [6.45, 7) is 1.75. The molecule has 1 rings (SSSR count). The molecule has 0 saturated heterocycles. The third kappa shape index (κ3) is 3.64. The third-order valence-corrected chi connectivity index (χ3v) is 7.44. The summed E-state index contributed by atoms with van der Waals surface area (Å²) in [5, 5.41) is 0.383. The molecule has 0 fully saturated rings. The fourth-order valence-electron chi connectivity index (χ4n) is 1.25. The molecule has 9 heteroatoms. The van der Waals surface area contributed by atoms with Gasteiger partial charge in [0.05, 0.1) is 13.8 Å². The van der Waals surface area contributed by atoms with Crippen LogP contribution in [0.2, 0.25) is 5.02 Å². The van der Waals surface area contributed by atoms with E-state index in [1.165, 1.54) is 17.4 Å². The molecule has 0 aliphatic carbocycles. The minimum absolute atomic E-state index is 0.191. The molecule has 1 aromatic rings. The maximum atomic E-state index is 12.3. The van der Waals surface area contributed by atoms with E-state index < -0.39 is 10.0 Å². The van der Waals surface area contributed by atoms with E-state index in [0.717, 1.165) is 11.3 Å². The molecule has 18 heavy (non-hydrogen) atoms. The van der Waals surface area contributed by atoms with Crippen molar-refractivity contribution in [3.8, 4) is 0 Å². The quantitative estimate of drug-likeness (QED) is 0.784. The number of nitrogens with two attached hydrogens (primary N) is 1. The first-order valence-electron chi connectivity index (χ1n) is 4.87. The Kier molecular flexibility index (Phi) is 5.58. The van der Waals surface area contributed by atoms with Crippen molar-refractivity contribution >= 4 is 66.1 Å². The van der Waals surface area contributed by atoms with Gasteiger partial charge < -0.3 is 5.73 Å². The number of sulfonamides is 1. The molecule has 0 amide bonds. The van der Waals surface area contributed by atoms with Crippen LogP contribution < -0.4 is 5.73 Å². The standard InChI is InChI=1S/C9H12BrClN2O2S3/c1-5(3-7(12)16)13(2)18(14,15)8-4-6(11)9(10)17-8/h4-5H,3H2,1-2H3,(H2,12,16). The van der Waals surface area contributed by atoms with Crippen molar-refractivity contribution in [2.24, 2.45) is 5.73 Å². The number of hydrogen-bond donors (Lipinski definition) is 1. The largest absolute Gasteiger partial charge is 0.393 e. The molecule has 0 bridgehead atoms. The maximum Gasteiger partial charge on any atom is 0.252 e. The van der Waals surface area contributed by atoms with Crippen LogP contribution >= 0.6 is 51.1 Å². The molecule has 4 nitrogen and oxygen atoms in total. The average molecular weight is 392 g/mol. The van der Waals surface area contributed by atoms with Crippen molar-refractivity contribution in [1.82, 2.24) is 4.31 Å². The van der Waals surface area contributed by atoms with E-state index in [0.29, 0.717) is 15.2 Å². The molecule has 0 aliphatic heterocycles. The number of halogens is 2. The highest BCUT2D eigenvalue weighted by atomic mass is 79.9. The summed E-state index contributed by atoms with van der Waals surface area (Å²) >= 11 is 14.9. The second-order valence-corrected chi connectivity index (χ2v) is 9.25. The zero-order valence-corrected chi connectivity index (χ0v) is 14.5. The number of thiocarbonyl (C=S) groups is 1. The van der Waals surface area contributed by atoms with Gasteiger partial charge in [0.15, 0.2) is 0 Å². The summed E-state index contributed by atoms with van der Waals surface area (Å²) in [5.74, 6) is 0. The summed E-state index contributed by atoms with van der Waals surface area (Å²) < 4.78 is 26.6. The number of rotatable bonds is 5. The molecule has 102 valence electrons. The second kappa shape index (κ2) is 6.15. The highest BCUT2D eigenvalue weighted by molar-refractivity contribution is 9.11. The number of nitrogens with zero attached hydrogens (tertiary/aromatic N) is 1. The van der Waals surface area contributed by atoms with Gasteiger partial charge in [-0.2, -0.15) is 4.31 Å². The number of hydrogen-bond acceptors (Lipinski definition) is 4. The van der Waals surface area contributed by atoms with Crippen LogP contribution in [0.1, 0.15) is 13.3 Å². The van der Waals surface area contributed by atoms with Gasteiger partial charge in [0, 0.05) is 19.5 Å². The lowest BCUT2D eigenvalue weighted by molar-refractivity contribution is 0.398. The molecule has 1 atom stereocenters. The fraction of sp³-hybridized carbons (Fsp3) is 0.444. The van der Waals surface area contributed by atoms with E-state index in [1.807, 2.05) is 0 Å². The summed E-state index contributed by atoms with van der Waals surface area (Å²) in [6.07, 6.45) is 0.339. The molecule has 2 N–H and O–H groups in total. The van der Waals surface area contributed by atoms with Crippen LogP contribution in [0.25, 0.3) is 0 Å². The molecule has 0 saturated carbocycles. The van der Waals surface area contributed by atoms with Crippen molar-refractivity contribution in [3.05, 3.63) is 14.9 Å². The van der Waals surface area contributed by atoms with Gasteiger partial charge in [-0.05, 0) is 28.9 Å². The van der Waals surface area contributed by atoms with Gasteiger partial charge in [-0.1, -0.05) is 23.8 Å². The van der Waals surface area contributed by atoms with Gasteiger partial charge in [-0.3, -0.25) is 0 Å². The van der Waals surface area contributed by atoms with Crippen LogP contribution in [0, 0.1) is 0 Å². The molecule has 0 spiro atoms. The topological polar surface area (TPSA) is 63.4 Å².